The van der Waals surface area contributed by atoms with Crippen LogP contribution in [0.15, 0.2) is 35.1 Å². The van der Waals surface area contributed by atoms with Gasteiger partial charge in [0.15, 0.2) is 0 Å². The zero-order valence-electron chi connectivity index (χ0n) is 11.7. The molecule has 2 aromatic heterocycles. The molecule has 0 bridgehead atoms. The first-order valence-corrected chi connectivity index (χ1v) is 7.88. The summed E-state index contributed by atoms with van der Waals surface area (Å²) >= 11 is 1.50. The lowest BCUT2D eigenvalue weighted by atomic mass is 10.1. The summed E-state index contributed by atoms with van der Waals surface area (Å²) in [7, 11) is 0. The van der Waals surface area contributed by atoms with Crippen molar-refractivity contribution >= 4 is 27.5 Å². The van der Waals surface area contributed by atoms with E-state index < -0.39 is 0 Å². The van der Waals surface area contributed by atoms with E-state index >= 15 is 0 Å². The van der Waals surface area contributed by atoms with E-state index in [1.807, 2.05) is 6.07 Å². The number of hydrogen-bond donors (Lipinski definition) is 1. The summed E-state index contributed by atoms with van der Waals surface area (Å²) in [5.74, 6) is 0.701. The Morgan fingerprint density at radius 2 is 2.00 bits per heavy atom. The van der Waals surface area contributed by atoms with Gasteiger partial charge in [-0.1, -0.05) is 29.8 Å². The SMILES string of the molecule is Cc1ccc(-c2cc3nc(N4CCC4)[nH]c(=O)c3s2)cc1. The number of H-pyrrole nitrogens is 1. The lowest BCUT2D eigenvalue weighted by Crippen LogP contribution is -2.39. The Bertz CT molecular complexity index is 859. The van der Waals surface area contributed by atoms with Gasteiger partial charge in [0.05, 0.1) is 5.52 Å². The molecule has 4 nitrogen and oxygen atoms in total. The Morgan fingerprint density at radius 3 is 2.67 bits per heavy atom. The van der Waals surface area contributed by atoms with E-state index in [4.69, 9.17) is 0 Å². The molecule has 0 spiro atoms. The van der Waals surface area contributed by atoms with Crippen LogP contribution in [0.1, 0.15) is 12.0 Å². The molecule has 3 aromatic rings. The molecule has 1 aliphatic heterocycles. The highest BCUT2D eigenvalue weighted by Crippen LogP contribution is 2.31. The molecule has 1 aromatic carbocycles. The van der Waals surface area contributed by atoms with Crippen molar-refractivity contribution < 1.29 is 0 Å². The molecule has 1 aliphatic rings. The number of fused-ring (bicyclic) bond motifs is 1. The van der Waals surface area contributed by atoms with Crippen LogP contribution >= 0.6 is 11.3 Å². The minimum absolute atomic E-state index is 0.0368. The van der Waals surface area contributed by atoms with Crippen molar-refractivity contribution in [3.63, 3.8) is 0 Å². The molecule has 106 valence electrons. The van der Waals surface area contributed by atoms with Gasteiger partial charge >= 0.3 is 0 Å². The number of aromatic amines is 1. The van der Waals surface area contributed by atoms with Gasteiger partial charge in [-0.15, -0.1) is 11.3 Å². The summed E-state index contributed by atoms with van der Waals surface area (Å²) in [6.45, 7) is 4.02. The topological polar surface area (TPSA) is 49.0 Å². The summed E-state index contributed by atoms with van der Waals surface area (Å²) < 4.78 is 0.704. The average Bonchev–Trinajstić information content (AvgIpc) is 2.82. The third-order valence-corrected chi connectivity index (χ3v) is 5.03. The van der Waals surface area contributed by atoms with E-state index in [2.05, 4.69) is 46.1 Å². The zero-order chi connectivity index (χ0) is 14.4. The van der Waals surface area contributed by atoms with Crippen molar-refractivity contribution in [1.29, 1.82) is 0 Å². The van der Waals surface area contributed by atoms with Crippen molar-refractivity contribution in [1.82, 2.24) is 9.97 Å². The molecule has 1 N–H and O–H groups in total. The van der Waals surface area contributed by atoms with E-state index in [0.717, 1.165) is 29.0 Å². The maximum absolute atomic E-state index is 12.2. The highest BCUT2D eigenvalue weighted by atomic mass is 32.1. The third-order valence-electron chi connectivity index (χ3n) is 3.86. The van der Waals surface area contributed by atoms with Crippen LogP contribution in [0.2, 0.25) is 0 Å². The molecular formula is C16H15N3OS. The standard InChI is InChI=1S/C16H15N3OS/c1-10-3-5-11(6-4-10)13-9-12-14(21-13)15(20)18-16(17-12)19-7-2-8-19/h3-6,9H,2,7-8H2,1H3,(H,17,18,20). The molecule has 3 heterocycles. The molecule has 1 fully saturated rings. The molecule has 5 heteroatoms. The first-order valence-electron chi connectivity index (χ1n) is 7.06. The van der Waals surface area contributed by atoms with E-state index in [1.165, 1.54) is 23.3 Å². The predicted molar refractivity (Wildman–Crippen MR) is 87.2 cm³/mol. The van der Waals surface area contributed by atoms with E-state index in [1.54, 1.807) is 0 Å². The van der Waals surface area contributed by atoms with E-state index in [-0.39, 0.29) is 5.56 Å². The molecule has 0 amide bonds. The number of nitrogens with one attached hydrogen (secondary N) is 1. The van der Waals surface area contributed by atoms with Gasteiger partial charge in [-0.25, -0.2) is 4.98 Å². The Hall–Kier alpha value is -2.14. The number of nitrogens with zero attached hydrogens (tertiary/aromatic N) is 2. The molecular weight excluding hydrogens is 282 g/mol. The van der Waals surface area contributed by atoms with Gasteiger partial charge in [-0.2, -0.15) is 0 Å². The summed E-state index contributed by atoms with van der Waals surface area (Å²) in [4.78, 5) is 22.9. The number of anilines is 1. The molecule has 4 rings (SSSR count). The lowest BCUT2D eigenvalue weighted by Gasteiger charge is -2.31. The molecule has 0 aliphatic carbocycles. The van der Waals surface area contributed by atoms with Gasteiger partial charge in [0.2, 0.25) is 5.95 Å². The minimum atomic E-state index is -0.0368. The van der Waals surface area contributed by atoms with Crippen LogP contribution in [0.5, 0.6) is 0 Å². The Labute approximate surface area is 126 Å². The molecule has 1 saturated heterocycles. The van der Waals surface area contributed by atoms with E-state index in [9.17, 15) is 4.79 Å². The number of aromatic nitrogens is 2. The molecule has 0 radical (unpaired) electrons. The number of aryl methyl sites for hydroxylation is 1. The fourth-order valence-corrected chi connectivity index (χ4v) is 3.46. The van der Waals surface area contributed by atoms with Crippen molar-refractivity contribution in [2.75, 3.05) is 18.0 Å². The Balaban J connectivity index is 1.83. The van der Waals surface area contributed by atoms with Crippen molar-refractivity contribution in [2.45, 2.75) is 13.3 Å². The summed E-state index contributed by atoms with van der Waals surface area (Å²) in [6, 6.07) is 10.4. The maximum Gasteiger partial charge on any atom is 0.270 e. The van der Waals surface area contributed by atoms with Crippen molar-refractivity contribution in [3.05, 3.63) is 46.2 Å². The van der Waals surface area contributed by atoms with Crippen molar-refractivity contribution in [2.24, 2.45) is 0 Å². The smallest absolute Gasteiger partial charge is 0.270 e. The van der Waals surface area contributed by atoms with Gasteiger partial charge in [-0.3, -0.25) is 9.78 Å². The second-order valence-electron chi connectivity index (χ2n) is 5.42. The van der Waals surface area contributed by atoms with Crippen LogP contribution in [0.4, 0.5) is 5.95 Å². The summed E-state index contributed by atoms with van der Waals surface area (Å²) in [5.41, 5.74) is 3.12. The molecule has 21 heavy (non-hydrogen) atoms. The van der Waals surface area contributed by atoms with Gasteiger partial charge < -0.3 is 4.90 Å². The first kappa shape index (κ1) is 12.6. The van der Waals surface area contributed by atoms with Crippen LogP contribution in [0, 0.1) is 6.92 Å². The number of benzene rings is 1. The predicted octanol–water partition coefficient (Wildman–Crippen LogP) is 3.17. The van der Waals surface area contributed by atoms with E-state index in [0.29, 0.717) is 10.6 Å². The fraction of sp³-hybridized carbons (Fsp3) is 0.250. The lowest BCUT2D eigenvalue weighted by molar-refractivity contribution is 0.601. The van der Waals surface area contributed by atoms with Gasteiger partial charge in [-0.05, 0) is 25.0 Å². The number of thiophene rings is 1. The fourth-order valence-electron chi connectivity index (χ4n) is 2.47. The molecule has 0 unspecified atom stereocenters. The molecule has 0 atom stereocenters. The Kier molecular flexibility index (Phi) is 2.82. The second kappa shape index (κ2) is 4.70. The minimum Gasteiger partial charge on any atom is -0.342 e. The van der Waals surface area contributed by atoms with Crippen molar-refractivity contribution in [3.8, 4) is 10.4 Å². The highest BCUT2D eigenvalue weighted by molar-refractivity contribution is 7.22. The van der Waals surface area contributed by atoms with Gasteiger partial charge in [0, 0.05) is 18.0 Å². The zero-order valence-corrected chi connectivity index (χ0v) is 12.5. The van der Waals surface area contributed by atoms with Crippen LogP contribution in [-0.2, 0) is 0 Å². The number of hydrogen-bond acceptors (Lipinski definition) is 4. The van der Waals surface area contributed by atoms with Gasteiger partial charge in [0.25, 0.3) is 5.56 Å². The monoisotopic (exact) mass is 297 g/mol. The van der Waals surface area contributed by atoms with Crippen LogP contribution in [0.25, 0.3) is 20.7 Å². The summed E-state index contributed by atoms with van der Waals surface area (Å²) in [5, 5.41) is 0. The normalized spacial score (nSPS) is 14.4. The van der Waals surface area contributed by atoms with Crippen LogP contribution < -0.4 is 10.5 Å². The number of rotatable bonds is 2. The third kappa shape index (κ3) is 2.14. The first-order chi connectivity index (χ1) is 10.2. The second-order valence-corrected chi connectivity index (χ2v) is 6.47. The largest absolute Gasteiger partial charge is 0.342 e. The van der Waals surface area contributed by atoms with Crippen LogP contribution in [-0.4, -0.2) is 23.1 Å². The van der Waals surface area contributed by atoms with Crippen LogP contribution in [0.3, 0.4) is 0 Å². The average molecular weight is 297 g/mol. The maximum atomic E-state index is 12.2. The molecule has 0 saturated carbocycles. The summed E-state index contributed by atoms with van der Waals surface area (Å²) in [6.07, 6.45) is 1.17. The Morgan fingerprint density at radius 1 is 1.24 bits per heavy atom. The quantitative estimate of drug-likeness (QED) is 0.790. The van der Waals surface area contributed by atoms with Gasteiger partial charge in [0.1, 0.15) is 4.70 Å². The highest BCUT2D eigenvalue weighted by Gasteiger charge is 2.18.